The molecule has 4 aromatic carbocycles. The zero-order chi connectivity index (χ0) is 34.0. The molecule has 0 saturated heterocycles. The first kappa shape index (κ1) is 34.3. The van der Waals surface area contributed by atoms with Crippen LogP contribution in [0.3, 0.4) is 0 Å². The first-order valence-electron chi connectivity index (χ1n) is 13.0. The summed E-state index contributed by atoms with van der Waals surface area (Å²) in [7, 11) is 0. The van der Waals surface area contributed by atoms with E-state index in [0.717, 1.165) is 30.0 Å². The van der Waals surface area contributed by atoms with Crippen molar-refractivity contribution in [3.8, 4) is 0 Å². The second-order valence-corrected chi connectivity index (χ2v) is 11.9. The number of aromatic nitrogens is 4. The van der Waals surface area contributed by atoms with Crippen LogP contribution < -0.4 is 0 Å². The van der Waals surface area contributed by atoms with Gasteiger partial charge in [-0.1, -0.05) is 77.6 Å². The molecule has 0 radical (unpaired) electrons. The SMILES string of the molecule is FC(F)(F)c1cccc(Sc2nc3ccccc3nc2C(F)(F)F)c1.FC(F)(F)c1nc2ccccc2nc1Sc1ccccc1Cl. The lowest BCUT2D eigenvalue weighted by atomic mass is 10.2. The number of hydrogen-bond acceptors (Lipinski definition) is 6. The summed E-state index contributed by atoms with van der Waals surface area (Å²) in [5.74, 6) is 0. The van der Waals surface area contributed by atoms with Crippen molar-refractivity contribution in [2.75, 3.05) is 0 Å². The van der Waals surface area contributed by atoms with Gasteiger partial charge in [-0.25, -0.2) is 19.9 Å². The number of rotatable bonds is 4. The van der Waals surface area contributed by atoms with Gasteiger partial charge in [0.15, 0.2) is 11.4 Å². The van der Waals surface area contributed by atoms with Gasteiger partial charge in [0, 0.05) is 9.79 Å². The Bertz CT molecular complexity index is 2050. The molecule has 0 amide bonds. The molecular formula is C31H16ClF9N4S2. The van der Waals surface area contributed by atoms with Crippen LogP contribution in [0.1, 0.15) is 17.0 Å². The maximum Gasteiger partial charge on any atom is 0.436 e. The Kier molecular flexibility index (Phi) is 9.89. The minimum absolute atomic E-state index is 0.00935. The van der Waals surface area contributed by atoms with E-state index in [1.54, 1.807) is 48.5 Å². The lowest BCUT2D eigenvalue weighted by Crippen LogP contribution is -2.11. The zero-order valence-electron chi connectivity index (χ0n) is 23.1. The maximum absolute atomic E-state index is 13.3. The molecule has 0 aliphatic rings. The molecule has 0 aliphatic carbocycles. The molecule has 0 spiro atoms. The Balaban J connectivity index is 0.000000186. The minimum Gasteiger partial charge on any atom is -0.239 e. The molecule has 6 rings (SSSR count). The summed E-state index contributed by atoms with van der Waals surface area (Å²) in [6.07, 6.45) is -13.9. The van der Waals surface area contributed by atoms with Crippen LogP contribution in [0.15, 0.2) is 117 Å². The van der Waals surface area contributed by atoms with E-state index in [1.165, 1.54) is 30.3 Å². The van der Waals surface area contributed by atoms with Crippen molar-refractivity contribution in [1.82, 2.24) is 19.9 Å². The Morgan fingerprint density at radius 2 is 0.915 bits per heavy atom. The summed E-state index contributed by atoms with van der Waals surface area (Å²) in [6.45, 7) is 0. The summed E-state index contributed by atoms with van der Waals surface area (Å²) in [5, 5.41) is -0.333. The van der Waals surface area contributed by atoms with E-state index in [0.29, 0.717) is 27.2 Å². The van der Waals surface area contributed by atoms with Crippen LogP contribution in [-0.2, 0) is 18.5 Å². The van der Waals surface area contributed by atoms with Gasteiger partial charge in [0.1, 0.15) is 10.1 Å². The maximum atomic E-state index is 13.3. The molecule has 0 fully saturated rings. The van der Waals surface area contributed by atoms with Gasteiger partial charge < -0.3 is 0 Å². The molecule has 0 saturated carbocycles. The monoisotopic (exact) mass is 714 g/mol. The number of para-hydroxylation sites is 4. The van der Waals surface area contributed by atoms with Crippen LogP contribution in [0, 0.1) is 0 Å². The smallest absolute Gasteiger partial charge is 0.239 e. The molecule has 0 unspecified atom stereocenters. The fraction of sp³-hybridized carbons (Fsp3) is 0.0968. The summed E-state index contributed by atoms with van der Waals surface area (Å²) in [4.78, 5) is 15.8. The zero-order valence-corrected chi connectivity index (χ0v) is 25.5. The predicted octanol–water partition coefficient (Wildman–Crippen LogP) is 11.3. The highest BCUT2D eigenvalue weighted by molar-refractivity contribution is 7.99. The Morgan fingerprint density at radius 3 is 1.38 bits per heavy atom. The Hall–Kier alpha value is -4.08. The molecule has 0 bridgehead atoms. The van der Waals surface area contributed by atoms with E-state index in [4.69, 9.17) is 11.6 Å². The fourth-order valence-corrected chi connectivity index (χ4v) is 6.09. The van der Waals surface area contributed by atoms with Crippen LogP contribution in [0.4, 0.5) is 39.5 Å². The number of benzene rings is 4. The third-order valence-corrected chi connectivity index (χ3v) is 8.50. The lowest BCUT2D eigenvalue weighted by Gasteiger charge is -2.13. The van der Waals surface area contributed by atoms with Crippen molar-refractivity contribution in [3.63, 3.8) is 0 Å². The van der Waals surface area contributed by atoms with Gasteiger partial charge in [-0.15, -0.1) is 0 Å². The first-order valence-corrected chi connectivity index (χ1v) is 15.1. The topological polar surface area (TPSA) is 51.6 Å². The highest BCUT2D eigenvalue weighted by atomic mass is 35.5. The van der Waals surface area contributed by atoms with Crippen LogP contribution >= 0.6 is 35.1 Å². The molecule has 6 aromatic rings. The molecule has 0 aliphatic heterocycles. The van der Waals surface area contributed by atoms with E-state index in [-0.39, 0.29) is 26.5 Å². The van der Waals surface area contributed by atoms with Crippen LogP contribution in [0.2, 0.25) is 5.02 Å². The van der Waals surface area contributed by atoms with E-state index >= 15 is 0 Å². The second kappa shape index (κ2) is 13.6. The quantitative estimate of drug-likeness (QED) is 0.169. The molecule has 4 nitrogen and oxygen atoms in total. The van der Waals surface area contributed by atoms with Gasteiger partial charge in [-0.3, -0.25) is 0 Å². The summed E-state index contributed by atoms with van der Waals surface area (Å²) in [5.41, 5.74) is -2.28. The van der Waals surface area contributed by atoms with Gasteiger partial charge in [-0.2, -0.15) is 39.5 Å². The normalized spacial score (nSPS) is 12.2. The van der Waals surface area contributed by atoms with E-state index < -0.39 is 40.5 Å². The molecule has 16 heteroatoms. The van der Waals surface area contributed by atoms with Crippen molar-refractivity contribution in [2.45, 2.75) is 38.4 Å². The first-order chi connectivity index (χ1) is 22.1. The number of nitrogens with zero attached hydrogens (tertiary/aromatic N) is 4. The Morgan fingerprint density at radius 1 is 0.468 bits per heavy atom. The second-order valence-electron chi connectivity index (χ2n) is 9.39. The minimum atomic E-state index is -4.78. The average molecular weight is 715 g/mol. The van der Waals surface area contributed by atoms with Gasteiger partial charge in [-0.05, 0) is 54.6 Å². The Labute approximate surface area is 273 Å². The van der Waals surface area contributed by atoms with Crippen molar-refractivity contribution >= 4 is 57.2 Å². The third kappa shape index (κ3) is 8.45. The molecule has 0 atom stereocenters. The molecule has 47 heavy (non-hydrogen) atoms. The highest BCUT2D eigenvalue weighted by Crippen LogP contribution is 2.41. The number of halogens is 10. The molecule has 2 aromatic heterocycles. The summed E-state index contributed by atoms with van der Waals surface area (Å²) in [6, 6.07) is 23.2. The summed E-state index contributed by atoms with van der Waals surface area (Å²) < 4.78 is 118. The molecule has 0 N–H and O–H groups in total. The van der Waals surface area contributed by atoms with Gasteiger partial charge in [0.2, 0.25) is 0 Å². The third-order valence-electron chi connectivity index (χ3n) is 6.03. The van der Waals surface area contributed by atoms with E-state index in [9.17, 15) is 39.5 Å². The summed E-state index contributed by atoms with van der Waals surface area (Å²) >= 11 is 7.36. The van der Waals surface area contributed by atoms with Crippen LogP contribution in [0.5, 0.6) is 0 Å². The largest absolute Gasteiger partial charge is 0.436 e. The van der Waals surface area contributed by atoms with Gasteiger partial charge >= 0.3 is 18.5 Å². The van der Waals surface area contributed by atoms with Crippen molar-refractivity contribution in [3.05, 3.63) is 119 Å². The van der Waals surface area contributed by atoms with E-state index in [2.05, 4.69) is 19.9 Å². The average Bonchev–Trinajstić information content (AvgIpc) is 3.00. The number of alkyl halides is 9. The fourth-order valence-electron chi connectivity index (χ4n) is 3.96. The number of hydrogen-bond donors (Lipinski definition) is 0. The molecule has 2 heterocycles. The van der Waals surface area contributed by atoms with Gasteiger partial charge in [0.25, 0.3) is 0 Å². The number of fused-ring (bicyclic) bond motifs is 2. The van der Waals surface area contributed by atoms with Crippen LogP contribution in [-0.4, -0.2) is 19.9 Å². The predicted molar refractivity (Wildman–Crippen MR) is 160 cm³/mol. The van der Waals surface area contributed by atoms with Crippen molar-refractivity contribution < 1.29 is 39.5 Å². The molecule has 242 valence electrons. The lowest BCUT2D eigenvalue weighted by molar-refractivity contribution is -0.144. The highest BCUT2D eigenvalue weighted by Gasteiger charge is 2.38. The van der Waals surface area contributed by atoms with E-state index in [1.807, 2.05) is 0 Å². The van der Waals surface area contributed by atoms with Gasteiger partial charge in [0.05, 0.1) is 32.7 Å². The van der Waals surface area contributed by atoms with Crippen molar-refractivity contribution in [2.24, 2.45) is 0 Å². The van der Waals surface area contributed by atoms with Crippen molar-refractivity contribution in [1.29, 1.82) is 0 Å². The van der Waals surface area contributed by atoms with Crippen LogP contribution in [0.25, 0.3) is 22.1 Å². The molecular weight excluding hydrogens is 699 g/mol. The standard InChI is InChI=1S/C16H8F6N2S.C15H8ClF3N2S/c17-15(18,19)9-4-3-5-10(8-9)25-14-13(16(20,21)22)23-11-6-1-2-7-12(11)24-14;16-9-5-1-4-8-12(9)22-14-13(15(17,18)19)20-10-6-2-3-7-11(10)21-14/h1-8H;1-8H.